The molecule has 0 bridgehead atoms. The van der Waals surface area contributed by atoms with E-state index in [9.17, 15) is 31.1 Å². The van der Waals surface area contributed by atoms with Crippen LogP contribution in [0.1, 0.15) is 35.1 Å². The molecular weight excluding hydrogens is 517 g/mol. The van der Waals surface area contributed by atoms with Gasteiger partial charge in [-0.05, 0) is 41.8 Å². The number of carbonyl (C=O) groups is 1. The summed E-state index contributed by atoms with van der Waals surface area (Å²) < 4.78 is 81.5. The van der Waals surface area contributed by atoms with E-state index in [0.717, 1.165) is 24.3 Å². The number of carbonyl (C=O) groups excluding carboxylic acids is 1. The SMILES string of the molecule is CCNC(=O)NCc1ccc(C=CC(c2cc(Cl)c(Cl)c(Cl)c2)C(F)(F)F)cc1C(F)(F)F. The van der Waals surface area contributed by atoms with E-state index in [4.69, 9.17) is 34.8 Å². The molecule has 3 nitrogen and oxygen atoms in total. The van der Waals surface area contributed by atoms with Crippen molar-refractivity contribution in [3.63, 3.8) is 0 Å². The van der Waals surface area contributed by atoms with E-state index in [1.54, 1.807) is 6.92 Å². The van der Waals surface area contributed by atoms with Gasteiger partial charge in [-0.15, -0.1) is 0 Å². The molecule has 1 unspecified atom stereocenters. The molecule has 0 heterocycles. The number of amides is 2. The number of allylic oxidation sites excluding steroid dienone is 1. The Morgan fingerprint density at radius 3 is 2.12 bits per heavy atom. The van der Waals surface area contributed by atoms with E-state index in [1.165, 1.54) is 6.07 Å². The highest BCUT2D eigenvalue weighted by Gasteiger charge is 2.39. The molecule has 0 saturated heterocycles. The van der Waals surface area contributed by atoms with Crippen LogP contribution in [0.25, 0.3) is 6.08 Å². The molecule has 1 atom stereocenters. The summed E-state index contributed by atoms with van der Waals surface area (Å²) in [7, 11) is 0. The van der Waals surface area contributed by atoms with Crippen LogP contribution in [0.15, 0.2) is 36.4 Å². The van der Waals surface area contributed by atoms with Gasteiger partial charge in [-0.25, -0.2) is 4.79 Å². The van der Waals surface area contributed by atoms with Gasteiger partial charge in [-0.1, -0.05) is 59.1 Å². The number of alkyl halides is 6. The summed E-state index contributed by atoms with van der Waals surface area (Å²) in [5, 5.41) is 4.18. The van der Waals surface area contributed by atoms with Gasteiger partial charge in [0, 0.05) is 13.1 Å². The highest BCUT2D eigenvalue weighted by atomic mass is 35.5. The fourth-order valence-corrected chi connectivity index (χ4v) is 3.50. The van der Waals surface area contributed by atoms with Crippen LogP contribution in [-0.2, 0) is 12.7 Å². The minimum absolute atomic E-state index is 0.112. The van der Waals surface area contributed by atoms with E-state index < -0.39 is 36.4 Å². The Bertz CT molecular complexity index is 1010. The Balaban J connectivity index is 2.40. The van der Waals surface area contributed by atoms with Crippen LogP contribution < -0.4 is 10.6 Å². The number of hydrogen-bond donors (Lipinski definition) is 2. The summed E-state index contributed by atoms with van der Waals surface area (Å²) in [6, 6.07) is 4.36. The third-order valence-corrected chi connectivity index (χ3v) is 5.61. The number of nitrogens with one attached hydrogen (secondary N) is 2. The molecule has 0 aliphatic rings. The molecule has 2 amide bonds. The van der Waals surface area contributed by atoms with Crippen LogP contribution in [0.3, 0.4) is 0 Å². The van der Waals surface area contributed by atoms with Crippen LogP contribution in [0.5, 0.6) is 0 Å². The smallest absolute Gasteiger partial charge is 0.338 e. The molecule has 0 radical (unpaired) electrons. The van der Waals surface area contributed by atoms with Crippen molar-refractivity contribution in [1.29, 1.82) is 0 Å². The number of rotatable bonds is 6. The van der Waals surface area contributed by atoms with Gasteiger partial charge in [0.2, 0.25) is 0 Å². The van der Waals surface area contributed by atoms with E-state index >= 15 is 0 Å². The zero-order valence-corrected chi connectivity index (χ0v) is 19.1. The highest BCUT2D eigenvalue weighted by Crippen LogP contribution is 2.41. The van der Waals surface area contributed by atoms with Crippen molar-refractivity contribution in [1.82, 2.24) is 10.6 Å². The second kappa shape index (κ2) is 10.9. The fraction of sp³-hybridized carbons (Fsp3) is 0.286. The lowest BCUT2D eigenvalue weighted by Gasteiger charge is -2.19. The van der Waals surface area contributed by atoms with Crippen LogP contribution in [0, 0.1) is 0 Å². The molecule has 12 heteroatoms. The maximum atomic E-state index is 13.6. The Kier molecular flexibility index (Phi) is 8.95. The van der Waals surface area contributed by atoms with Crippen molar-refractivity contribution in [3.05, 3.63) is 73.7 Å². The first-order chi connectivity index (χ1) is 15.2. The van der Waals surface area contributed by atoms with Crippen molar-refractivity contribution in [3.8, 4) is 0 Å². The standard InChI is InChI=1S/C21H17Cl3F6N2O/c1-2-31-19(33)32-10-12-5-3-11(7-15(12)21(28,29)30)4-6-14(20(25,26)27)13-8-16(22)18(24)17(23)9-13/h3-9,14H,2,10H2,1H3,(H2,31,32,33). The van der Waals surface area contributed by atoms with Gasteiger partial charge >= 0.3 is 18.4 Å². The molecular formula is C21H17Cl3F6N2O. The maximum absolute atomic E-state index is 13.6. The molecule has 0 aliphatic heterocycles. The van der Waals surface area contributed by atoms with Gasteiger partial charge in [-0.2, -0.15) is 26.3 Å². The number of halogens is 9. The summed E-state index contributed by atoms with van der Waals surface area (Å²) in [4.78, 5) is 11.5. The first kappa shape index (κ1) is 27.1. The lowest BCUT2D eigenvalue weighted by molar-refractivity contribution is -0.140. The largest absolute Gasteiger partial charge is 0.416 e. The average Bonchev–Trinajstić information content (AvgIpc) is 2.69. The molecule has 0 fully saturated rings. The van der Waals surface area contributed by atoms with Gasteiger partial charge in [-0.3, -0.25) is 0 Å². The molecule has 0 spiro atoms. The highest BCUT2D eigenvalue weighted by molar-refractivity contribution is 6.48. The molecule has 33 heavy (non-hydrogen) atoms. The minimum Gasteiger partial charge on any atom is -0.338 e. The third-order valence-electron chi connectivity index (χ3n) is 4.42. The van der Waals surface area contributed by atoms with Crippen LogP contribution >= 0.6 is 34.8 Å². The van der Waals surface area contributed by atoms with E-state index in [1.807, 2.05) is 0 Å². The fourth-order valence-electron chi connectivity index (χ4n) is 2.89. The van der Waals surface area contributed by atoms with E-state index in [-0.39, 0.29) is 38.3 Å². The van der Waals surface area contributed by atoms with E-state index in [2.05, 4.69) is 10.6 Å². The monoisotopic (exact) mass is 532 g/mol. The Hall–Kier alpha value is -2.10. The Morgan fingerprint density at radius 2 is 1.61 bits per heavy atom. The van der Waals surface area contributed by atoms with Crippen molar-refractivity contribution >= 4 is 46.9 Å². The van der Waals surface area contributed by atoms with Crippen molar-refractivity contribution < 1.29 is 31.1 Å². The zero-order chi connectivity index (χ0) is 25.0. The lowest BCUT2D eigenvalue weighted by Crippen LogP contribution is -2.35. The number of hydrogen-bond acceptors (Lipinski definition) is 1. The van der Waals surface area contributed by atoms with E-state index in [0.29, 0.717) is 12.1 Å². The molecule has 0 saturated carbocycles. The van der Waals surface area contributed by atoms with Crippen LogP contribution in [-0.4, -0.2) is 18.8 Å². The quantitative estimate of drug-likeness (QED) is 0.288. The zero-order valence-electron chi connectivity index (χ0n) is 16.8. The van der Waals surface area contributed by atoms with Crippen molar-refractivity contribution in [2.45, 2.75) is 31.7 Å². The lowest BCUT2D eigenvalue weighted by atomic mass is 9.96. The first-order valence-electron chi connectivity index (χ1n) is 9.35. The van der Waals surface area contributed by atoms with Gasteiger partial charge in [0.1, 0.15) is 0 Å². The van der Waals surface area contributed by atoms with Crippen molar-refractivity contribution in [2.75, 3.05) is 6.54 Å². The third kappa shape index (κ3) is 7.45. The number of benzene rings is 2. The summed E-state index contributed by atoms with van der Waals surface area (Å²) in [5.41, 5.74) is -1.77. The van der Waals surface area contributed by atoms with Crippen LogP contribution in [0.4, 0.5) is 31.1 Å². The molecule has 180 valence electrons. The van der Waals surface area contributed by atoms with Gasteiger partial charge in [0.05, 0.1) is 26.5 Å². The molecule has 0 aromatic heterocycles. The molecule has 2 N–H and O–H groups in total. The molecule has 2 aromatic rings. The van der Waals surface area contributed by atoms with Gasteiger partial charge in [0.15, 0.2) is 0 Å². The summed E-state index contributed by atoms with van der Waals surface area (Å²) in [6.45, 7) is 1.51. The second-order valence-corrected chi connectivity index (χ2v) is 8.00. The predicted molar refractivity (Wildman–Crippen MR) is 117 cm³/mol. The summed E-state index contributed by atoms with van der Waals surface area (Å²) >= 11 is 17.4. The van der Waals surface area contributed by atoms with Gasteiger partial charge < -0.3 is 10.6 Å². The molecule has 0 aliphatic carbocycles. The van der Waals surface area contributed by atoms with Crippen molar-refractivity contribution in [2.24, 2.45) is 0 Å². The average molecular weight is 534 g/mol. The summed E-state index contributed by atoms with van der Waals surface area (Å²) in [5.74, 6) is -2.20. The summed E-state index contributed by atoms with van der Waals surface area (Å²) in [6.07, 6.45) is -7.94. The predicted octanol–water partition coefficient (Wildman–Crippen LogP) is 7.84. The van der Waals surface area contributed by atoms with Crippen LogP contribution in [0.2, 0.25) is 15.1 Å². The number of urea groups is 1. The second-order valence-electron chi connectivity index (χ2n) is 6.80. The normalized spacial score (nSPS) is 13.3. The topological polar surface area (TPSA) is 41.1 Å². The first-order valence-corrected chi connectivity index (χ1v) is 10.5. The molecule has 2 rings (SSSR count). The molecule has 2 aromatic carbocycles. The Labute approximate surface area is 200 Å². The Morgan fingerprint density at radius 1 is 1.00 bits per heavy atom. The van der Waals surface area contributed by atoms with Gasteiger partial charge in [0.25, 0.3) is 0 Å². The minimum atomic E-state index is -4.79. The maximum Gasteiger partial charge on any atom is 0.416 e.